The van der Waals surface area contributed by atoms with Gasteiger partial charge in [-0.05, 0) is 72.5 Å². The second-order valence-corrected chi connectivity index (χ2v) is 27.6. The van der Waals surface area contributed by atoms with Gasteiger partial charge in [0.25, 0.3) is 0 Å². The van der Waals surface area contributed by atoms with Crippen LogP contribution in [0.4, 0.5) is 0 Å². The van der Waals surface area contributed by atoms with Crippen LogP contribution in [0.2, 0.25) is 0 Å². The van der Waals surface area contributed by atoms with Crippen LogP contribution in [0, 0.1) is 38.4 Å². The molecular formula is C31H47I7. The normalized spacial score (nSPS) is 64.1. The highest BCUT2D eigenvalue weighted by atomic mass is 127. The molecule has 13 atom stereocenters. The molecule has 220 valence electrons. The predicted molar refractivity (Wildman–Crippen MR) is 227 cm³/mol. The molecule has 38 heavy (non-hydrogen) atoms. The van der Waals surface area contributed by atoms with Crippen LogP contribution < -0.4 is 0 Å². The van der Waals surface area contributed by atoms with Crippen molar-refractivity contribution in [1.82, 2.24) is 0 Å². The first-order valence-corrected chi connectivity index (χ1v) is 22.8. The Balaban J connectivity index is 1.59. The maximum Gasteiger partial charge on any atom is 0.0452 e. The molecule has 5 fully saturated rings. The molecule has 8 unspecified atom stereocenters. The highest BCUT2D eigenvalue weighted by Gasteiger charge is 2.88. The molecule has 0 nitrogen and oxygen atoms in total. The van der Waals surface area contributed by atoms with E-state index in [1.165, 1.54) is 51.4 Å². The zero-order valence-electron chi connectivity index (χ0n) is 24.6. The van der Waals surface area contributed by atoms with Crippen LogP contribution in [0.1, 0.15) is 114 Å². The minimum atomic E-state index is 0.333. The van der Waals surface area contributed by atoms with E-state index in [1.807, 2.05) is 0 Å². The fourth-order valence-electron chi connectivity index (χ4n) is 10.7. The molecule has 0 aromatic rings. The van der Waals surface area contributed by atoms with Crippen LogP contribution in [0.3, 0.4) is 0 Å². The molecule has 0 aromatic carbocycles. The molecular weight excluding hydrogens is 1260 g/mol. The van der Waals surface area contributed by atoms with Crippen LogP contribution in [0.25, 0.3) is 0 Å². The average Bonchev–Trinajstić information content (AvgIpc) is 2.87. The fraction of sp³-hybridized carbons (Fsp3) is 1.00. The quantitative estimate of drug-likeness (QED) is 0.184. The lowest BCUT2D eigenvalue weighted by molar-refractivity contribution is -0.199. The van der Waals surface area contributed by atoms with Crippen molar-refractivity contribution in [2.45, 2.75) is 139 Å². The zero-order chi connectivity index (χ0) is 29.0. The van der Waals surface area contributed by atoms with E-state index in [1.54, 1.807) is 0 Å². The van der Waals surface area contributed by atoms with Gasteiger partial charge in [-0.3, -0.25) is 0 Å². The van der Waals surface area contributed by atoms with Crippen LogP contribution in [0.15, 0.2) is 0 Å². The molecule has 5 rings (SSSR count). The first-order valence-electron chi connectivity index (χ1n) is 14.7. The highest BCUT2D eigenvalue weighted by molar-refractivity contribution is 14.1. The minimum absolute atomic E-state index is 0.333. The van der Waals surface area contributed by atoms with Crippen molar-refractivity contribution in [3.63, 3.8) is 0 Å². The molecule has 0 saturated heterocycles. The first-order chi connectivity index (χ1) is 17.0. The van der Waals surface area contributed by atoms with E-state index in [4.69, 9.17) is 0 Å². The van der Waals surface area contributed by atoms with Gasteiger partial charge in [-0.1, -0.05) is 227 Å². The minimum Gasteiger partial charge on any atom is -0.0820 e. The van der Waals surface area contributed by atoms with Crippen LogP contribution >= 0.6 is 158 Å². The number of alkyl halides is 7. The summed E-state index contributed by atoms with van der Waals surface area (Å²) in [5.41, 5.74) is 2.26. The van der Waals surface area contributed by atoms with E-state index in [0.29, 0.717) is 46.2 Å². The monoisotopic (exact) mass is 1310 g/mol. The van der Waals surface area contributed by atoms with Gasteiger partial charge in [-0.25, -0.2) is 0 Å². The standard InChI is InChI=1S/C31H47I7/c1-10-22(3,4)26(8)20(33)16-30(26,37)29(36)14-12-24(29,6)27(9)21(34)17-31(27,38)28(35)13-11-23(28,5)25(7)18(2)15-19(25)32/h18-21H,10-17H2,1-9H3/t18?,19?,20?,21?,23-,24-,25+,26+,27+,28?,29?,30?,31?/m1/s1. The summed E-state index contributed by atoms with van der Waals surface area (Å²) in [7, 11) is 0. The highest BCUT2D eigenvalue weighted by Crippen LogP contribution is 2.89. The summed E-state index contributed by atoms with van der Waals surface area (Å²) in [5, 5.41) is 0. The van der Waals surface area contributed by atoms with E-state index in [2.05, 4.69) is 220 Å². The molecule has 0 heterocycles. The summed E-state index contributed by atoms with van der Waals surface area (Å²) in [4.78, 5) is 0. The Hall–Kier alpha value is 5.11. The molecule has 7 heteroatoms. The molecule has 0 bridgehead atoms. The van der Waals surface area contributed by atoms with Crippen LogP contribution in [-0.4, -0.2) is 25.5 Å². The molecule has 0 radical (unpaired) electrons. The summed E-state index contributed by atoms with van der Waals surface area (Å²) >= 11 is 20.9. The number of hydrogen-bond acceptors (Lipinski definition) is 0. The maximum absolute atomic E-state index is 3.11. The van der Waals surface area contributed by atoms with Gasteiger partial charge in [-0.2, -0.15) is 0 Å². The van der Waals surface area contributed by atoms with Crippen molar-refractivity contribution in [3.05, 3.63) is 0 Å². The van der Waals surface area contributed by atoms with Gasteiger partial charge in [-0.15, -0.1) is 0 Å². The second kappa shape index (κ2) is 9.82. The SMILES string of the molecule is CCC(C)(C)[C@]1(C)C(I)CC1(I)C1(I)CC[C@]1(C)[C@]1(C)C(I)CC1(I)C1(I)CC[C@]1(C)[C@@]1(C)C(C)CC1I. The lowest BCUT2D eigenvalue weighted by atomic mass is 9.29. The Bertz CT molecular complexity index is 1020. The van der Waals surface area contributed by atoms with Crippen molar-refractivity contribution in [2.75, 3.05) is 0 Å². The molecule has 0 aliphatic heterocycles. The summed E-state index contributed by atoms with van der Waals surface area (Å²) in [6.45, 7) is 23.8. The third-order valence-corrected chi connectivity index (χ3v) is 33.1. The van der Waals surface area contributed by atoms with Crippen molar-refractivity contribution in [3.8, 4) is 0 Å². The Morgan fingerprint density at radius 3 is 1.47 bits per heavy atom. The summed E-state index contributed by atoms with van der Waals surface area (Å²) in [5.74, 6) is 0.846. The number of hydrogen-bond donors (Lipinski definition) is 0. The molecule has 0 aromatic heterocycles. The number of halogens is 7. The summed E-state index contributed by atoms with van der Waals surface area (Å²) in [6.07, 6.45) is 11.1. The number of rotatable bonds is 6. The molecule has 5 aliphatic carbocycles. The maximum atomic E-state index is 3.11. The average molecular weight is 1310 g/mol. The van der Waals surface area contributed by atoms with Crippen molar-refractivity contribution >= 4 is 158 Å². The Labute approximate surface area is 329 Å². The third-order valence-electron chi connectivity index (χ3n) is 15.6. The van der Waals surface area contributed by atoms with Crippen LogP contribution in [0.5, 0.6) is 0 Å². The van der Waals surface area contributed by atoms with Gasteiger partial charge in [0, 0.05) is 36.3 Å². The predicted octanol–water partition coefficient (Wildman–Crippen LogP) is 13.0. The molecule has 0 spiro atoms. The van der Waals surface area contributed by atoms with Gasteiger partial charge >= 0.3 is 0 Å². The summed E-state index contributed by atoms with van der Waals surface area (Å²) in [6, 6.07) is 0. The molecule has 0 N–H and O–H groups in total. The zero-order valence-corrected chi connectivity index (χ0v) is 39.7. The van der Waals surface area contributed by atoms with Gasteiger partial charge < -0.3 is 0 Å². The molecule has 0 amide bonds. The molecule has 5 saturated carbocycles. The van der Waals surface area contributed by atoms with E-state index in [-0.39, 0.29) is 0 Å². The van der Waals surface area contributed by atoms with E-state index >= 15 is 0 Å². The lowest BCUT2D eigenvalue weighted by Crippen LogP contribution is -2.88. The van der Waals surface area contributed by atoms with E-state index in [0.717, 1.165) is 17.7 Å². The Morgan fingerprint density at radius 1 is 0.658 bits per heavy atom. The van der Waals surface area contributed by atoms with Crippen molar-refractivity contribution < 1.29 is 0 Å². The smallest absolute Gasteiger partial charge is 0.0452 e. The van der Waals surface area contributed by atoms with Gasteiger partial charge in [0.05, 0.1) is 0 Å². The fourth-order valence-corrected chi connectivity index (χ4v) is 28.1. The first kappa shape index (κ1) is 34.4. The lowest BCUT2D eigenvalue weighted by Gasteiger charge is -2.85. The van der Waals surface area contributed by atoms with Crippen molar-refractivity contribution in [2.24, 2.45) is 38.4 Å². The van der Waals surface area contributed by atoms with E-state index < -0.39 is 0 Å². The summed E-state index contributed by atoms with van der Waals surface area (Å²) < 4.78 is 3.74. The van der Waals surface area contributed by atoms with Gasteiger partial charge in [0.2, 0.25) is 0 Å². The molecule has 5 aliphatic rings. The topological polar surface area (TPSA) is 0 Å². The third kappa shape index (κ3) is 3.32. The Morgan fingerprint density at radius 2 is 1.13 bits per heavy atom. The van der Waals surface area contributed by atoms with E-state index in [9.17, 15) is 0 Å². The largest absolute Gasteiger partial charge is 0.0820 e. The van der Waals surface area contributed by atoms with Gasteiger partial charge in [0.1, 0.15) is 0 Å². The van der Waals surface area contributed by atoms with Crippen molar-refractivity contribution in [1.29, 1.82) is 0 Å². The van der Waals surface area contributed by atoms with Crippen LogP contribution in [-0.2, 0) is 0 Å². The van der Waals surface area contributed by atoms with Gasteiger partial charge in [0.15, 0.2) is 0 Å². The Kier molecular flexibility index (Phi) is 8.91. The second-order valence-electron chi connectivity index (χ2n) is 15.7.